The van der Waals surface area contributed by atoms with Crippen molar-refractivity contribution in [3.63, 3.8) is 0 Å². The number of hydrogen-bond acceptors (Lipinski definition) is 5. The largest absolute Gasteiger partial charge is 0.497 e. The van der Waals surface area contributed by atoms with Crippen LogP contribution in [0.2, 0.25) is 0 Å². The lowest BCUT2D eigenvalue weighted by atomic mass is 10.0. The molecular formula is C18H23N5O2. The maximum absolute atomic E-state index is 12.8. The molecule has 1 saturated heterocycles. The van der Waals surface area contributed by atoms with Gasteiger partial charge in [0.15, 0.2) is 5.82 Å². The van der Waals surface area contributed by atoms with Crippen molar-refractivity contribution in [2.75, 3.05) is 20.2 Å². The number of carbonyl (C=O) groups is 1. The number of nitrogens with one attached hydrogen (secondary N) is 1. The second kappa shape index (κ2) is 6.84. The van der Waals surface area contributed by atoms with Crippen molar-refractivity contribution < 1.29 is 9.53 Å². The summed E-state index contributed by atoms with van der Waals surface area (Å²) in [6, 6.07) is 7.56. The molecule has 3 heterocycles. The third kappa shape index (κ3) is 3.11. The molecule has 0 spiro atoms. The summed E-state index contributed by atoms with van der Waals surface area (Å²) >= 11 is 0. The van der Waals surface area contributed by atoms with E-state index in [9.17, 15) is 4.79 Å². The van der Waals surface area contributed by atoms with E-state index in [1.54, 1.807) is 13.2 Å². The summed E-state index contributed by atoms with van der Waals surface area (Å²) in [6.07, 6.45) is 3.55. The highest BCUT2D eigenvalue weighted by molar-refractivity contribution is 5.94. The average molecular weight is 341 g/mol. The van der Waals surface area contributed by atoms with Crippen LogP contribution in [-0.2, 0) is 13.1 Å². The number of methoxy groups -OCH3 is 1. The van der Waals surface area contributed by atoms with Crippen LogP contribution in [-0.4, -0.2) is 45.8 Å². The van der Waals surface area contributed by atoms with Crippen LogP contribution < -0.4 is 10.1 Å². The molecule has 1 aromatic carbocycles. The first-order valence-electron chi connectivity index (χ1n) is 8.85. The van der Waals surface area contributed by atoms with E-state index < -0.39 is 0 Å². The van der Waals surface area contributed by atoms with Gasteiger partial charge < -0.3 is 19.5 Å². The van der Waals surface area contributed by atoms with Gasteiger partial charge in [-0.2, -0.15) is 0 Å². The number of rotatable bonds is 3. The zero-order valence-corrected chi connectivity index (χ0v) is 14.4. The molecule has 0 saturated carbocycles. The molecule has 25 heavy (non-hydrogen) atoms. The fourth-order valence-electron chi connectivity index (χ4n) is 3.62. The third-order valence-corrected chi connectivity index (χ3v) is 5.01. The molecular weight excluding hydrogens is 318 g/mol. The van der Waals surface area contributed by atoms with Crippen molar-refractivity contribution in [2.24, 2.45) is 0 Å². The number of benzene rings is 1. The Kier molecular flexibility index (Phi) is 4.40. The minimum absolute atomic E-state index is 0.00508. The topological polar surface area (TPSA) is 72.3 Å². The summed E-state index contributed by atoms with van der Waals surface area (Å²) < 4.78 is 7.39. The molecule has 2 aromatic rings. The zero-order valence-electron chi connectivity index (χ0n) is 14.4. The second-order valence-electron chi connectivity index (χ2n) is 6.59. The first kappa shape index (κ1) is 16.1. The van der Waals surface area contributed by atoms with E-state index >= 15 is 0 Å². The highest BCUT2D eigenvalue weighted by Crippen LogP contribution is 2.25. The van der Waals surface area contributed by atoms with E-state index in [1.807, 2.05) is 23.1 Å². The average Bonchev–Trinajstić information content (AvgIpc) is 3.11. The third-order valence-electron chi connectivity index (χ3n) is 5.01. The fraction of sp³-hybridized carbons (Fsp3) is 0.500. The van der Waals surface area contributed by atoms with Gasteiger partial charge in [0.1, 0.15) is 11.6 Å². The van der Waals surface area contributed by atoms with E-state index in [2.05, 4.69) is 20.1 Å². The van der Waals surface area contributed by atoms with Gasteiger partial charge >= 0.3 is 0 Å². The standard InChI is InChI=1S/C18H23N5O2/c1-25-14-6-4-5-13(11-14)18(24)22-9-10-23-16(12-22)20-21-17(23)15-7-2-3-8-19-15/h4-6,11,15,19H,2-3,7-10,12H2,1H3. The number of nitrogens with zero attached hydrogens (tertiary/aromatic N) is 4. The van der Waals surface area contributed by atoms with Crippen LogP contribution in [0.4, 0.5) is 0 Å². The van der Waals surface area contributed by atoms with Crippen molar-refractivity contribution in [1.82, 2.24) is 25.0 Å². The first-order valence-corrected chi connectivity index (χ1v) is 8.85. The lowest BCUT2D eigenvalue weighted by molar-refractivity contribution is 0.0705. The molecule has 1 fully saturated rings. The van der Waals surface area contributed by atoms with E-state index in [1.165, 1.54) is 12.8 Å². The minimum Gasteiger partial charge on any atom is -0.497 e. The quantitative estimate of drug-likeness (QED) is 0.921. The van der Waals surface area contributed by atoms with E-state index in [4.69, 9.17) is 4.74 Å². The summed E-state index contributed by atoms with van der Waals surface area (Å²) in [5, 5.41) is 12.3. The van der Waals surface area contributed by atoms with Crippen molar-refractivity contribution in [1.29, 1.82) is 0 Å². The van der Waals surface area contributed by atoms with Gasteiger partial charge in [-0.3, -0.25) is 4.79 Å². The number of carbonyl (C=O) groups excluding carboxylic acids is 1. The summed E-state index contributed by atoms with van der Waals surface area (Å²) in [5.41, 5.74) is 0.640. The number of fused-ring (bicyclic) bond motifs is 1. The maximum Gasteiger partial charge on any atom is 0.254 e. The predicted octanol–water partition coefficient (Wildman–Crippen LogP) is 1.76. The van der Waals surface area contributed by atoms with Crippen LogP contribution in [0.15, 0.2) is 24.3 Å². The molecule has 7 nitrogen and oxygen atoms in total. The Morgan fingerprint density at radius 3 is 3.00 bits per heavy atom. The molecule has 1 atom stereocenters. The monoisotopic (exact) mass is 341 g/mol. The van der Waals surface area contributed by atoms with E-state index in [-0.39, 0.29) is 11.9 Å². The van der Waals surface area contributed by atoms with Crippen LogP contribution in [0.1, 0.15) is 47.3 Å². The van der Waals surface area contributed by atoms with Gasteiger partial charge in [0, 0.05) is 18.7 Å². The highest BCUT2D eigenvalue weighted by Gasteiger charge is 2.28. The van der Waals surface area contributed by atoms with Gasteiger partial charge in [-0.05, 0) is 37.6 Å². The smallest absolute Gasteiger partial charge is 0.254 e. The summed E-state index contributed by atoms with van der Waals surface area (Å²) in [6.45, 7) is 2.94. The van der Waals surface area contributed by atoms with Gasteiger partial charge in [-0.15, -0.1) is 10.2 Å². The first-order chi connectivity index (χ1) is 12.3. The van der Waals surface area contributed by atoms with Crippen molar-refractivity contribution in [3.8, 4) is 5.75 Å². The van der Waals surface area contributed by atoms with Gasteiger partial charge in [-0.1, -0.05) is 12.5 Å². The number of hydrogen-bond donors (Lipinski definition) is 1. The summed E-state index contributed by atoms with van der Waals surface area (Å²) in [7, 11) is 1.60. The van der Waals surface area contributed by atoms with Crippen molar-refractivity contribution >= 4 is 5.91 Å². The Morgan fingerprint density at radius 1 is 1.28 bits per heavy atom. The Bertz CT molecular complexity index is 767. The van der Waals surface area contributed by atoms with Crippen LogP contribution in [0.5, 0.6) is 5.75 Å². The van der Waals surface area contributed by atoms with E-state index in [0.29, 0.717) is 24.4 Å². The number of ether oxygens (including phenoxy) is 1. The lowest BCUT2D eigenvalue weighted by Crippen LogP contribution is -2.39. The normalized spacial score (nSPS) is 20.2. The Morgan fingerprint density at radius 2 is 2.20 bits per heavy atom. The molecule has 2 aliphatic heterocycles. The molecule has 1 aromatic heterocycles. The molecule has 7 heteroatoms. The van der Waals surface area contributed by atoms with Gasteiger partial charge in [0.05, 0.1) is 19.7 Å². The molecule has 0 bridgehead atoms. The van der Waals surface area contributed by atoms with Crippen LogP contribution in [0.25, 0.3) is 0 Å². The molecule has 1 unspecified atom stereocenters. The highest BCUT2D eigenvalue weighted by atomic mass is 16.5. The van der Waals surface area contributed by atoms with Crippen LogP contribution in [0, 0.1) is 0 Å². The van der Waals surface area contributed by atoms with Gasteiger partial charge in [0.2, 0.25) is 0 Å². The number of amides is 1. The molecule has 0 aliphatic carbocycles. The number of aromatic nitrogens is 3. The minimum atomic E-state index is 0.00508. The number of piperidine rings is 1. The molecule has 2 aliphatic rings. The second-order valence-corrected chi connectivity index (χ2v) is 6.59. The molecule has 0 radical (unpaired) electrons. The molecule has 132 valence electrons. The Balaban J connectivity index is 1.51. The SMILES string of the molecule is COc1cccc(C(=O)N2CCn3c(nnc3C3CCCCN3)C2)c1. The zero-order chi connectivity index (χ0) is 17.2. The van der Waals surface area contributed by atoms with E-state index in [0.717, 1.165) is 31.2 Å². The Hall–Kier alpha value is -2.41. The Labute approximate surface area is 147 Å². The molecule has 4 rings (SSSR count). The molecule has 1 amide bonds. The van der Waals surface area contributed by atoms with Crippen LogP contribution >= 0.6 is 0 Å². The predicted molar refractivity (Wildman–Crippen MR) is 92.4 cm³/mol. The molecule has 1 N–H and O–H groups in total. The van der Waals surface area contributed by atoms with Gasteiger partial charge in [-0.25, -0.2) is 0 Å². The summed E-state index contributed by atoms with van der Waals surface area (Å²) in [5.74, 6) is 2.58. The van der Waals surface area contributed by atoms with Crippen molar-refractivity contribution in [3.05, 3.63) is 41.5 Å². The maximum atomic E-state index is 12.8. The van der Waals surface area contributed by atoms with Crippen LogP contribution in [0.3, 0.4) is 0 Å². The van der Waals surface area contributed by atoms with Gasteiger partial charge in [0.25, 0.3) is 5.91 Å². The lowest BCUT2D eigenvalue weighted by Gasteiger charge is -2.30. The summed E-state index contributed by atoms with van der Waals surface area (Å²) in [4.78, 5) is 14.6. The van der Waals surface area contributed by atoms with Crippen molar-refractivity contribution in [2.45, 2.75) is 38.4 Å². The fourth-order valence-corrected chi connectivity index (χ4v) is 3.62.